The van der Waals surface area contributed by atoms with Crippen molar-refractivity contribution in [3.63, 3.8) is 0 Å². The van der Waals surface area contributed by atoms with Crippen molar-refractivity contribution in [3.8, 4) is 11.3 Å². The summed E-state index contributed by atoms with van der Waals surface area (Å²) in [4.78, 5) is 7.71. The highest BCUT2D eigenvalue weighted by Crippen LogP contribution is 2.32. The number of nitrogens with one attached hydrogen (secondary N) is 1. The third kappa shape index (κ3) is 2.99. The fraction of sp³-hybridized carbons (Fsp3) is 0.286. The number of hydrogen-bond donors (Lipinski definition) is 1. The van der Waals surface area contributed by atoms with Crippen molar-refractivity contribution in [1.82, 2.24) is 9.97 Å². The first-order valence-corrected chi connectivity index (χ1v) is 7.12. The predicted molar refractivity (Wildman–Crippen MR) is 83.7 cm³/mol. The fourth-order valence-corrected chi connectivity index (χ4v) is 2.37. The monoisotopic (exact) mass is 312 g/mol. The van der Waals surface area contributed by atoms with E-state index < -0.39 is 0 Å². The molecule has 100 valence electrons. The molecule has 0 aliphatic rings. The van der Waals surface area contributed by atoms with E-state index in [0.29, 0.717) is 14.7 Å². The second-order valence-electron chi connectivity index (χ2n) is 4.71. The molecule has 0 saturated carbocycles. The van der Waals surface area contributed by atoms with Gasteiger partial charge in [0.1, 0.15) is 10.5 Å². The molecule has 0 spiro atoms. The van der Waals surface area contributed by atoms with Crippen molar-refractivity contribution < 1.29 is 0 Å². The minimum Gasteiger partial charge on any atom is -0.343 e. The van der Waals surface area contributed by atoms with Crippen LogP contribution < -0.4 is 0 Å². The van der Waals surface area contributed by atoms with E-state index in [9.17, 15) is 0 Å². The Morgan fingerprint density at radius 2 is 1.95 bits per heavy atom. The van der Waals surface area contributed by atoms with E-state index in [2.05, 4.69) is 23.8 Å². The summed E-state index contributed by atoms with van der Waals surface area (Å²) in [5, 5.41) is 1.28. The number of aromatic nitrogens is 2. The zero-order valence-corrected chi connectivity index (χ0v) is 13.2. The number of rotatable bonds is 2. The van der Waals surface area contributed by atoms with E-state index in [1.165, 1.54) is 0 Å². The van der Waals surface area contributed by atoms with E-state index in [1.807, 2.05) is 13.0 Å². The third-order valence-electron chi connectivity index (χ3n) is 2.92. The van der Waals surface area contributed by atoms with Crippen LogP contribution in [0, 0.1) is 11.6 Å². The number of hydrogen-bond acceptors (Lipinski definition) is 2. The SMILES string of the molecule is Cc1c(-c2cc(Cl)ccc2Cl)[nH]c(C(C)C)nc1=S. The van der Waals surface area contributed by atoms with E-state index in [0.717, 1.165) is 22.6 Å². The molecule has 0 unspecified atom stereocenters. The van der Waals surface area contributed by atoms with Crippen LogP contribution in [0.3, 0.4) is 0 Å². The highest BCUT2D eigenvalue weighted by Gasteiger charge is 2.12. The van der Waals surface area contributed by atoms with Crippen LogP contribution in [-0.2, 0) is 0 Å². The molecular formula is C14H14Cl2N2S. The third-order valence-corrected chi connectivity index (χ3v) is 3.88. The number of H-pyrrole nitrogens is 1. The van der Waals surface area contributed by atoms with Gasteiger partial charge in [-0.25, -0.2) is 4.98 Å². The zero-order chi connectivity index (χ0) is 14.2. The van der Waals surface area contributed by atoms with Crippen molar-refractivity contribution >= 4 is 35.4 Å². The number of halogens is 2. The van der Waals surface area contributed by atoms with Crippen LogP contribution >= 0.6 is 35.4 Å². The minimum absolute atomic E-state index is 0.263. The smallest absolute Gasteiger partial charge is 0.133 e. The van der Waals surface area contributed by atoms with Gasteiger partial charge in [0.05, 0.1) is 5.69 Å². The lowest BCUT2D eigenvalue weighted by Crippen LogP contribution is -2.02. The maximum atomic E-state index is 6.25. The highest BCUT2D eigenvalue weighted by molar-refractivity contribution is 7.71. The lowest BCUT2D eigenvalue weighted by Gasteiger charge is -2.13. The summed E-state index contributed by atoms with van der Waals surface area (Å²) in [5.41, 5.74) is 2.64. The summed E-state index contributed by atoms with van der Waals surface area (Å²) in [6.07, 6.45) is 0. The Morgan fingerprint density at radius 3 is 2.58 bits per heavy atom. The van der Waals surface area contributed by atoms with Crippen LogP contribution in [0.1, 0.15) is 31.2 Å². The molecule has 1 aromatic heterocycles. The highest BCUT2D eigenvalue weighted by atomic mass is 35.5. The molecule has 0 radical (unpaired) electrons. The van der Waals surface area contributed by atoms with Gasteiger partial charge in [-0.15, -0.1) is 0 Å². The lowest BCUT2D eigenvalue weighted by atomic mass is 10.1. The number of aromatic amines is 1. The quantitative estimate of drug-likeness (QED) is 0.737. The Hall–Kier alpha value is -0.900. The van der Waals surface area contributed by atoms with Crippen molar-refractivity contribution in [3.05, 3.63) is 44.3 Å². The molecule has 2 aromatic rings. The first-order chi connectivity index (χ1) is 8.90. The van der Waals surface area contributed by atoms with Crippen LogP contribution in [0.15, 0.2) is 18.2 Å². The van der Waals surface area contributed by atoms with Gasteiger partial charge in [0.25, 0.3) is 0 Å². The van der Waals surface area contributed by atoms with Gasteiger partial charge in [0.2, 0.25) is 0 Å². The first-order valence-electron chi connectivity index (χ1n) is 5.96. The summed E-state index contributed by atoms with van der Waals surface area (Å²) in [5.74, 6) is 1.11. The number of benzene rings is 1. The summed E-state index contributed by atoms with van der Waals surface area (Å²) in [6.45, 7) is 6.06. The average Bonchev–Trinajstić information content (AvgIpc) is 2.35. The van der Waals surface area contributed by atoms with Gasteiger partial charge in [-0.2, -0.15) is 0 Å². The molecule has 0 aliphatic carbocycles. The Labute approximate surface area is 127 Å². The van der Waals surface area contributed by atoms with Gasteiger partial charge in [-0.3, -0.25) is 0 Å². The van der Waals surface area contributed by atoms with Crippen molar-refractivity contribution in [2.75, 3.05) is 0 Å². The van der Waals surface area contributed by atoms with Crippen LogP contribution in [-0.4, -0.2) is 9.97 Å². The summed E-state index contributed by atoms with van der Waals surface area (Å²) in [6, 6.07) is 5.38. The van der Waals surface area contributed by atoms with Gasteiger partial charge in [-0.1, -0.05) is 49.3 Å². The van der Waals surface area contributed by atoms with Gasteiger partial charge in [-0.05, 0) is 25.1 Å². The molecule has 5 heteroatoms. The minimum atomic E-state index is 0.263. The number of nitrogens with zero attached hydrogens (tertiary/aromatic N) is 1. The standard InChI is InChI=1S/C14H14Cl2N2S/c1-7(2)13-17-12(8(3)14(19)18-13)10-6-9(15)4-5-11(10)16/h4-7H,1-3H3,(H,17,18,19). The van der Waals surface area contributed by atoms with Crippen molar-refractivity contribution in [1.29, 1.82) is 0 Å². The van der Waals surface area contributed by atoms with Crippen molar-refractivity contribution in [2.24, 2.45) is 0 Å². The Kier molecular flexibility index (Phi) is 4.29. The second kappa shape index (κ2) is 5.61. The molecule has 0 amide bonds. The molecule has 0 saturated heterocycles. The van der Waals surface area contributed by atoms with Gasteiger partial charge < -0.3 is 4.98 Å². The van der Waals surface area contributed by atoms with Gasteiger partial charge >= 0.3 is 0 Å². The Bertz CT molecular complexity index is 678. The summed E-state index contributed by atoms with van der Waals surface area (Å²) >= 11 is 17.6. The van der Waals surface area contributed by atoms with E-state index >= 15 is 0 Å². The second-order valence-corrected chi connectivity index (χ2v) is 5.94. The van der Waals surface area contributed by atoms with Gasteiger partial charge in [0.15, 0.2) is 0 Å². The molecule has 0 aliphatic heterocycles. The van der Waals surface area contributed by atoms with Crippen LogP contribution in [0.4, 0.5) is 0 Å². The molecule has 2 nitrogen and oxygen atoms in total. The fourth-order valence-electron chi connectivity index (χ4n) is 1.78. The zero-order valence-electron chi connectivity index (χ0n) is 10.9. The largest absolute Gasteiger partial charge is 0.343 e. The normalized spacial score (nSPS) is 11.1. The molecule has 1 aromatic carbocycles. The van der Waals surface area contributed by atoms with E-state index in [1.54, 1.807) is 12.1 Å². The Balaban J connectivity index is 2.74. The molecule has 0 atom stereocenters. The lowest BCUT2D eigenvalue weighted by molar-refractivity contribution is 0.770. The molecule has 0 bridgehead atoms. The average molecular weight is 313 g/mol. The molecule has 0 fully saturated rings. The summed E-state index contributed by atoms with van der Waals surface area (Å²) < 4.78 is 0.591. The van der Waals surface area contributed by atoms with Crippen LogP contribution in [0.2, 0.25) is 10.0 Å². The van der Waals surface area contributed by atoms with E-state index in [-0.39, 0.29) is 5.92 Å². The van der Waals surface area contributed by atoms with E-state index in [4.69, 9.17) is 35.4 Å². The van der Waals surface area contributed by atoms with Crippen LogP contribution in [0.5, 0.6) is 0 Å². The van der Waals surface area contributed by atoms with Gasteiger partial charge in [0, 0.05) is 27.1 Å². The Morgan fingerprint density at radius 1 is 1.26 bits per heavy atom. The molecular weight excluding hydrogens is 299 g/mol. The molecule has 1 heterocycles. The van der Waals surface area contributed by atoms with Crippen molar-refractivity contribution in [2.45, 2.75) is 26.7 Å². The van der Waals surface area contributed by atoms with Crippen LogP contribution in [0.25, 0.3) is 11.3 Å². The molecule has 2 rings (SSSR count). The summed E-state index contributed by atoms with van der Waals surface area (Å²) in [7, 11) is 0. The molecule has 1 N–H and O–H groups in total. The molecule has 19 heavy (non-hydrogen) atoms. The maximum Gasteiger partial charge on any atom is 0.133 e. The first kappa shape index (κ1) is 14.5. The topological polar surface area (TPSA) is 28.7 Å². The maximum absolute atomic E-state index is 6.25. The predicted octanol–water partition coefficient (Wildman–Crippen LogP) is 5.54.